The van der Waals surface area contributed by atoms with E-state index >= 15 is 0 Å². The van der Waals surface area contributed by atoms with Crippen molar-refractivity contribution >= 4 is 5.84 Å². The van der Waals surface area contributed by atoms with Gasteiger partial charge in [0.1, 0.15) is 5.84 Å². The number of oxime groups is 1. The molecular weight excluding hydrogens is 214 g/mol. The van der Waals surface area contributed by atoms with Crippen LogP contribution in [-0.4, -0.2) is 35.1 Å². The van der Waals surface area contributed by atoms with Crippen molar-refractivity contribution in [2.45, 2.75) is 59.4 Å². The molecule has 0 amide bonds. The van der Waals surface area contributed by atoms with Gasteiger partial charge < -0.3 is 15.8 Å². The molecule has 0 unspecified atom stereocenters. The number of amidine groups is 1. The van der Waals surface area contributed by atoms with Crippen LogP contribution in [0.2, 0.25) is 0 Å². The summed E-state index contributed by atoms with van der Waals surface area (Å²) in [5, 5.41) is 11.5. The van der Waals surface area contributed by atoms with Crippen molar-refractivity contribution in [3.63, 3.8) is 0 Å². The maximum atomic E-state index is 8.50. The molecule has 0 bridgehead atoms. The van der Waals surface area contributed by atoms with Crippen molar-refractivity contribution < 1.29 is 5.21 Å². The Labute approximate surface area is 106 Å². The van der Waals surface area contributed by atoms with Crippen molar-refractivity contribution in [1.29, 1.82) is 0 Å². The summed E-state index contributed by atoms with van der Waals surface area (Å²) in [6.07, 6.45) is 4.00. The molecule has 3 N–H and O–H groups in total. The molecule has 0 aromatic rings. The summed E-state index contributed by atoms with van der Waals surface area (Å²) in [4.78, 5) is 2.54. The van der Waals surface area contributed by atoms with Gasteiger partial charge in [-0.25, -0.2) is 0 Å². The highest BCUT2D eigenvalue weighted by Crippen LogP contribution is 2.12. The van der Waals surface area contributed by atoms with E-state index in [-0.39, 0.29) is 0 Å². The van der Waals surface area contributed by atoms with Gasteiger partial charge in [-0.1, -0.05) is 32.9 Å². The van der Waals surface area contributed by atoms with Gasteiger partial charge in [-0.3, -0.25) is 0 Å². The van der Waals surface area contributed by atoms with Crippen LogP contribution >= 0.6 is 0 Å². The van der Waals surface area contributed by atoms with Crippen molar-refractivity contribution in [2.75, 3.05) is 13.1 Å². The predicted molar refractivity (Wildman–Crippen MR) is 73.4 cm³/mol. The smallest absolute Gasteiger partial charge is 0.139 e. The van der Waals surface area contributed by atoms with E-state index in [0.29, 0.717) is 24.2 Å². The van der Waals surface area contributed by atoms with Gasteiger partial charge in [0.25, 0.3) is 0 Å². The highest BCUT2D eigenvalue weighted by Gasteiger charge is 2.15. The minimum atomic E-state index is 0.332. The Morgan fingerprint density at radius 3 is 2.29 bits per heavy atom. The molecule has 4 nitrogen and oxygen atoms in total. The van der Waals surface area contributed by atoms with Gasteiger partial charge in [0.15, 0.2) is 0 Å². The fraction of sp³-hybridized carbons (Fsp3) is 0.923. The van der Waals surface area contributed by atoms with Crippen LogP contribution in [0.3, 0.4) is 0 Å². The third-order valence-corrected chi connectivity index (χ3v) is 3.07. The Bertz CT molecular complexity index is 213. The molecule has 0 aromatic carbocycles. The van der Waals surface area contributed by atoms with Crippen LogP contribution in [0.15, 0.2) is 5.16 Å². The number of nitrogens with zero attached hydrogens (tertiary/aromatic N) is 2. The molecule has 0 aliphatic carbocycles. The first-order valence-electron chi connectivity index (χ1n) is 6.75. The third kappa shape index (κ3) is 7.21. The summed E-state index contributed by atoms with van der Waals surface area (Å²) in [7, 11) is 0. The quantitative estimate of drug-likeness (QED) is 0.283. The summed E-state index contributed by atoms with van der Waals surface area (Å²) in [6.45, 7) is 11.1. The molecule has 0 aliphatic rings. The van der Waals surface area contributed by atoms with Gasteiger partial charge in [0.05, 0.1) is 0 Å². The Morgan fingerprint density at radius 1 is 1.29 bits per heavy atom. The normalized spacial score (nSPS) is 13.0. The summed E-state index contributed by atoms with van der Waals surface area (Å²) in [5.41, 5.74) is 5.48. The Balaban J connectivity index is 4.18. The minimum Gasteiger partial charge on any atom is -0.409 e. The van der Waals surface area contributed by atoms with Crippen molar-refractivity contribution in [2.24, 2.45) is 16.8 Å². The molecule has 0 aromatic heterocycles. The van der Waals surface area contributed by atoms with E-state index in [0.717, 1.165) is 19.5 Å². The maximum Gasteiger partial charge on any atom is 0.139 e. The number of hydrogen-bond donors (Lipinski definition) is 2. The van der Waals surface area contributed by atoms with Crippen LogP contribution in [0.1, 0.15) is 53.4 Å². The SMILES string of the molecule is CCC(CC)N(CCCC(N)=NO)CC(C)C. The molecule has 102 valence electrons. The molecule has 0 radical (unpaired) electrons. The molecular formula is C13H29N3O. The molecule has 0 aliphatic heterocycles. The molecule has 0 atom stereocenters. The standard InChI is InChI=1S/C13H29N3O/c1-5-12(6-2)16(10-11(3)4)9-7-8-13(14)15-17/h11-12,17H,5-10H2,1-4H3,(H2,14,15). The van der Waals surface area contributed by atoms with Crippen LogP contribution in [-0.2, 0) is 0 Å². The molecule has 0 rings (SSSR count). The van der Waals surface area contributed by atoms with Gasteiger partial charge in [-0.2, -0.15) is 0 Å². The average Bonchev–Trinajstić information content (AvgIpc) is 2.29. The first-order chi connectivity index (χ1) is 8.04. The zero-order valence-electron chi connectivity index (χ0n) is 11.8. The van der Waals surface area contributed by atoms with E-state index in [2.05, 4.69) is 37.8 Å². The van der Waals surface area contributed by atoms with Crippen molar-refractivity contribution in [1.82, 2.24) is 4.90 Å². The lowest BCUT2D eigenvalue weighted by molar-refractivity contribution is 0.164. The van der Waals surface area contributed by atoms with E-state index < -0.39 is 0 Å². The first kappa shape index (κ1) is 16.2. The molecule has 0 saturated heterocycles. The maximum absolute atomic E-state index is 8.50. The van der Waals surface area contributed by atoms with E-state index in [1.165, 1.54) is 12.8 Å². The van der Waals surface area contributed by atoms with Gasteiger partial charge in [-0.15, -0.1) is 0 Å². The topological polar surface area (TPSA) is 61.8 Å². The minimum absolute atomic E-state index is 0.332. The lowest BCUT2D eigenvalue weighted by Crippen LogP contribution is -2.38. The van der Waals surface area contributed by atoms with E-state index in [9.17, 15) is 0 Å². The van der Waals surface area contributed by atoms with E-state index in [4.69, 9.17) is 10.9 Å². The molecule has 0 spiro atoms. The average molecular weight is 243 g/mol. The lowest BCUT2D eigenvalue weighted by atomic mass is 10.1. The zero-order valence-corrected chi connectivity index (χ0v) is 11.8. The molecule has 4 heteroatoms. The van der Waals surface area contributed by atoms with Gasteiger partial charge in [0.2, 0.25) is 0 Å². The van der Waals surface area contributed by atoms with Crippen LogP contribution in [0.25, 0.3) is 0 Å². The highest BCUT2D eigenvalue weighted by atomic mass is 16.4. The Kier molecular flexibility index (Phi) is 8.86. The van der Waals surface area contributed by atoms with Crippen molar-refractivity contribution in [3.05, 3.63) is 0 Å². The van der Waals surface area contributed by atoms with E-state index in [1.807, 2.05) is 0 Å². The fourth-order valence-electron chi connectivity index (χ4n) is 2.21. The Morgan fingerprint density at radius 2 is 1.88 bits per heavy atom. The second-order valence-corrected chi connectivity index (χ2v) is 5.05. The zero-order chi connectivity index (χ0) is 13.3. The van der Waals surface area contributed by atoms with Gasteiger partial charge in [-0.05, 0) is 31.7 Å². The van der Waals surface area contributed by atoms with Crippen molar-refractivity contribution in [3.8, 4) is 0 Å². The van der Waals surface area contributed by atoms with Crippen LogP contribution in [0.5, 0.6) is 0 Å². The molecule has 0 heterocycles. The largest absolute Gasteiger partial charge is 0.409 e. The van der Waals surface area contributed by atoms with Gasteiger partial charge in [0, 0.05) is 19.0 Å². The molecule has 0 fully saturated rings. The summed E-state index contributed by atoms with van der Waals surface area (Å²) >= 11 is 0. The monoisotopic (exact) mass is 243 g/mol. The number of nitrogens with two attached hydrogens (primary N) is 1. The highest BCUT2D eigenvalue weighted by molar-refractivity contribution is 5.79. The first-order valence-corrected chi connectivity index (χ1v) is 6.75. The summed E-state index contributed by atoms with van der Waals surface area (Å²) in [6, 6.07) is 0.657. The third-order valence-electron chi connectivity index (χ3n) is 3.07. The summed E-state index contributed by atoms with van der Waals surface area (Å²) in [5.74, 6) is 1.01. The summed E-state index contributed by atoms with van der Waals surface area (Å²) < 4.78 is 0. The Hall–Kier alpha value is -0.770. The predicted octanol–water partition coefficient (Wildman–Crippen LogP) is 2.66. The fourth-order valence-corrected chi connectivity index (χ4v) is 2.21. The van der Waals surface area contributed by atoms with Gasteiger partial charge >= 0.3 is 0 Å². The second-order valence-electron chi connectivity index (χ2n) is 5.05. The van der Waals surface area contributed by atoms with Crippen LogP contribution in [0.4, 0.5) is 0 Å². The number of rotatable bonds is 9. The number of hydrogen-bond acceptors (Lipinski definition) is 3. The molecule has 17 heavy (non-hydrogen) atoms. The van der Waals surface area contributed by atoms with Crippen LogP contribution < -0.4 is 5.73 Å². The lowest BCUT2D eigenvalue weighted by Gasteiger charge is -2.31. The van der Waals surface area contributed by atoms with E-state index in [1.54, 1.807) is 0 Å². The van der Waals surface area contributed by atoms with Crippen LogP contribution in [0, 0.1) is 5.92 Å². The molecule has 0 saturated carbocycles. The second kappa shape index (κ2) is 9.28.